The number of hydrogen-bond donors (Lipinski definition) is 0. The van der Waals surface area contributed by atoms with Gasteiger partial charge in [0.1, 0.15) is 12.4 Å². The zero-order valence-corrected chi connectivity index (χ0v) is 14.2. The Morgan fingerprint density at radius 2 is 1.68 bits per heavy atom. The molecule has 22 heavy (non-hydrogen) atoms. The molecule has 2 rings (SSSR count). The summed E-state index contributed by atoms with van der Waals surface area (Å²) in [5.41, 5.74) is 1.44. The molecule has 1 saturated carbocycles. The maximum absolute atomic E-state index is 5.53. The fourth-order valence-electron chi connectivity index (χ4n) is 3.58. The molecule has 1 fully saturated rings. The summed E-state index contributed by atoms with van der Waals surface area (Å²) >= 11 is 0. The highest BCUT2D eigenvalue weighted by Gasteiger charge is 2.20. The number of ether oxygens (including phenoxy) is 1. The standard InChI is InChI=1S/C21H32O/c1-3-5-6-18-7-9-19(10-8-18)11-12-20-13-15-21(16-14-20)22-17-4-2/h4,13-16,18-19H,2-3,5-12,17H2,1H3/t18-,19-. The molecule has 0 amide bonds. The third-order valence-electron chi connectivity index (χ3n) is 5.06. The fourth-order valence-corrected chi connectivity index (χ4v) is 3.58. The van der Waals surface area contributed by atoms with E-state index in [2.05, 4.69) is 37.8 Å². The van der Waals surface area contributed by atoms with Crippen molar-refractivity contribution in [2.45, 2.75) is 64.7 Å². The summed E-state index contributed by atoms with van der Waals surface area (Å²) in [6, 6.07) is 8.59. The second-order valence-corrected chi connectivity index (χ2v) is 6.81. The van der Waals surface area contributed by atoms with E-state index in [1.165, 1.54) is 63.4 Å². The summed E-state index contributed by atoms with van der Waals surface area (Å²) < 4.78 is 5.53. The Labute approximate surface area is 136 Å². The van der Waals surface area contributed by atoms with Gasteiger partial charge in [0.25, 0.3) is 0 Å². The Hall–Kier alpha value is -1.24. The van der Waals surface area contributed by atoms with E-state index in [-0.39, 0.29) is 0 Å². The van der Waals surface area contributed by atoms with Crippen molar-refractivity contribution < 1.29 is 4.74 Å². The lowest BCUT2D eigenvalue weighted by molar-refractivity contribution is 0.250. The van der Waals surface area contributed by atoms with Crippen molar-refractivity contribution in [3.8, 4) is 5.75 Å². The van der Waals surface area contributed by atoms with Gasteiger partial charge in [0, 0.05) is 0 Å². The van der Waals surface area contributed by atoms with Crippen LogP contribution in [0.25, 0.3) is 0 Å². The molecule has 1 aliphatic carbocycles. The van der Waals surface area contributed by atoms with Gasteiger partial charge < -0.3 is 4.74 Å². The molecule has 1 aromatic rings. The van der Waals surface area contributed by atoms with Crippen molar-refractivity contribution in [1.82, 2.24) is 0 Å². The molecule has 0 aliphatic heterocycles. The first kappa shape index (κ1) is 17.1. The van der Waals surface area contributed by atoms with Crippen LogP contribution in [0.4, 0.5) is 0 Å². The van der Waals surface area contributed by atoms with E-state index in [9.17, 15) is 0 Å². The maximum Gasteiger partial charge on any atom is 0.119 e. The van der Waals surface area contributed by atoms with Gasteiger partial charge in [-0.1, -0.05) is 76.7 Å². The Morgan fingerprint density at radius 1 is 1.05 bits per heavy atom. The number of benzene rings is 1. The highest BCUT2D eigenvalue weighted by molar-refractivity contribution is 5.27. The summed E-state index contributed by atoms with van der Waals surface area (Å²) in [5, 5.41) is 0. The van der Waals surface area contributed by atoms with Crippen LogP contribution in [0.2, 0.25) is 0 Å². The molecule has 1 nitrogen and oxygen atoms in total. The molecule has 0 atom stereocenters. The Bertz CT molecular complexity index is 412. The van der Waals surface area contributed by atoms with Gasteiger partial charge >= 0.3 is 0 Å². The molecule has 0 N–H and O–H groups in total. The molecule has 0 unspecified atom stereocenters. The Kier molecular flexibility index (Phi) is 7.56. The van der Waals surface area contributed by atoms with Crippen LogP contribution in [0.3, 0.4) is 0 Å². The van der Waals surface area contributed by atoms with Crippen LogP contribution < -0.4 is 4.74 Å². The molecule has 1 aromatic carbocycles. The highest BCUT2D eigenvalue weighted by Crippen LogP contribution is 2.34. The summed E-state index contributed by atoms with van der Waals surface area (Å²) in [6.07, 6.45) is 14.4. The number of rotatable bonds is 9. The van der Waals surface area contributed by atoms with Crippen molar-refractivity contribution in [1.29, 1.82) is 0 Å². The predicted molar refractivity (Wildman–Crippen MR) is 95.4 cm³/mol. The molecule has 122 valence electrons. The Morgan fingerprint density at radius 3 is 2.27 bits per heavy atom. The molecule has 0 saturated heterocycles. The molecule has 0 heterocycles. The second-order valence-electron chi connectivity index (χ2n) is 6.81. The van der Waals surface area contributed by atoms with Crippen LogP contribution in [-0.2, 0) is 6.42 Å². The van der Waals surface area contributed by atoms with Gasteiger partial charge in [-0.05, 0) is 42.4 Å². The summed E-state index contributed by atoms with van der Waals surface area (Å²) in [7, 11) is 0. The van der Waals surface area contributed by atoms with E-state index in [4.69, 9.17) is 4.74 Å². The van der Waals surface area contributed by atoms with E-state index in [0.29, 0.717) is 6.61 Å². The van der Waals surface area contributed by atoms with Gasteiger partial charge in [0.05, 0.1) is 0 Å². The average molecular weight is 300 g/mol. The molecule has 1 aliphatic rings. The van der Waals surface area contributed by atoms with Gasteiger partial charge in [0.2, 0.25) is 0 Å². The van der Waals surface area contributed by atoms with Crippen molar-refractivity contribution in [3.63, 3.8) is 0 Å². The minimum atomic E-state index is 0.584. The zero-order valence-electron chi connectivity index (χ0n) is 14.2. The van der Waals surface area contributed by atoms with E-state index in [0.717, 1.165) is 17.6 Å². The van der Waals surface area contributed by atoms with E-state index in [1.807, 2.05) is 0 Å². The monoisotopic (exact) mass is 300 g/mol. The number of hydrogen-bond acceptors (Lipinski definition) is 1. The summed E-state index contributed by atoms with van der Waals surface area (Å²) in [6.45, 7) is 6.56. The first-order valence-electron chi connectivity index (χ1n) is 9.14. The normalized spacial score (nSPS) is 21.5. The summed E-state index contributed by atoms with van der Waals surface area (Å²) in [4.78, 5) is 0. The van der Waals surface area contributed by atoms with E-state index < -0.39 is 0 Å². The van der Waals surface area contributed by atoms with Crippen LogP contribution in [0, 0.1) is 11.8 Å². The predicted octanol–water partition coefficient (Wildman–Crippen LogP) is 6.18. The largest absolute Gasteiger partial charge is 0.490 e. The lowest BCUT2D eigenvalue weighted by atomic mass is 9.78. The maximum atomic E-state index is 5.53. The molecular weight excluding hydrogens is 268 g/mol. The SMILES string of the molecule is C=CCOc1ccc(CC[C@H]2CC[C@H](CCCC)CC2)cc1. The molecule has 0 bridgehead atoms. The van der Waals surface area contributed by atoms with Gasteiger partial charge in [-0.2, -0.15) is 0 Å². The average Bonchev–Trinajstić information content (AvgIpc) is 2.58. The second kappa shape index (κ2) is 9.71. The van der Waals surface area contributed by atoms with Gasteiger partial charge in [-0.25, -0.2) is 0 Å². The topological polar surface area (TPSA) is 9.23 Å². The number of unbranched alkanes of at least 4 members (excludes halogenated alkanes) is 1. The third kappa shape index (κ3) is 5.87. The van der Waals surface area contributed by atoms with Gasteiger partial charge in [-0.3, -0.25) is 0 Å². The van der Waals surface area contributed by atoms with Crippen LogP contribution in [0.15, 0.2) is 36.9 Å². The lowest BCUT2D eigenvalue weighted by Gasteiger charge is -2.28. The molecule has 0 spiro atoms. The molecule has 0 aromatic heterocycles. The Balaban J connectivity index is 1.67. The van der Waals surface area contributed by atoms with Gasteiger partial charge in [0.15, 0.2) is 0 Å². The molecule has 0 radical (unpaired) electrons. The van der Waals surface area contributed by atoms with Crippen LogP contribution in [0.1, 0.15) is 63.9 Å². The van der Waals surface area contributed by atoms with Crippen molar-refractivity contribution in [2.75, 3.05) is 6.61 Å². The van der Waals surface area contributed by atoms with Crippen LogP contribution in [-0.4, -0.2) is 6.61 Å². The smallest absolute Gasteiger partial charge is 0.119 e. The van der Waals surface area contributed by atoms with Crippen LogP contribution in [0.5, 0.6) is 5.75 Å². The minimum absolute atomic E-state index is 0.584. The summed E-state index contributed by atoms with van der Waals surface area (Å²) in [5.74, 6) is 2.92. The van der Waals surface area contributed by atoms with E-state index in [1.54, 1.807) is 6.08 Å². The first-order chi connectivity index (χ1) is 10.8. The molecular formula is C21H32O. The first-order valence-corrected chi connectivity index (χ1v) is 9.14. The fraction of sp³-hybridized carbons (Fsp3) is 0.619. The van der Waals surface area contributed by atoms with E-state index >= 15 is 0 Å². The highest BCUT2D eigenvalue weighted by atomic mass is 16.5. The van der Waals surface area contributed by atoms with Crippen molar-refractivity contribution in [2.24, 2.45) is 11.8 Å². The third-order valence-corrected chi connectivity index (χ3v) is 5.06. The lowest BCUT2D eigenvalue weighted by Crippen LogP contribution is -2.15. The molecule has 1 heteroatoms. The van der Waals surface area contributed by atoms with Crippen molar-refractivity contribution in [3.05, 3.63) is 42.5 Å². The minimum Gasteiger partial charge on any atom is -0.490 e. The van der Waals surface area contributed by atoms with Crippen molar-refractivity contribution >= 4 is 0 Å². The van der Waals surface area contributed by atoms with Gasteiger partial charge in [-0.15, -0.1) is 0 Å². The number of aryl methyl sites for hydroxylation is 1. The quantitative estimate of drug-likeness (QED) is 0.495. The van der Waals surface area contributed by atoms with Crippen LogP contribution >= 0.6 is 0 Å². The zero-order chi connectivity index (χ0) is 15.6.